The minimum Gasteiger partial charge on any atom is -0.444 e. The summed E-state index contributed by atoms with van der Waals surface area (Å²) >= 11 is 1.04. The molecule has 2 aromatic rings. The number of ether oxygens (including phenoxy) is 1. The van der Waals surface area contributed by atoms with Gasteiger partial charge in [0, 0.05) is 30.4 Å². The number of hydrogen-bond acceptors (Lipinski definition) is 6. The van der Waals surface area contributed by atoms with Crippen LogP contribution in [-0.4, -0.2) is 58.4 Å². The Labute approximate surface area is 164 Å². The molecule has 0 radical (unpaired) electrons. The van der Waals surface area contributed by atoms with Crippen LogP contribution in [0.1, 0.15) is 25.6 Å². The highest BCUT2D eigenvalue weighted by atomic mass is 32.1. The summed E-state index contributed by atoms with van der Waals surface area (Å²) in [5, 5.41) is 0.636. The summed E-state index contributed by atoms with van der Waals surface area (Å²) in [7, 11) is 0. The van der Waals surface area contributed by atoms with Crippen molar-refractivity contribution < 1.29 is 22.7 Å². The van der Waals surface area contributed by atoms with Gasteiger partial charge in [-0.05, 0) is 26.8 Å². The number of amides is 1. The second kappa shape index (κ2) is 6.47. The van der Waals surface area contributed by atoms with Crippen LogP contribution in [0.25, 0.3) is 10.2 Å². The van der Waals surface area contributed by atoms with E-state index in [1.807, 2.05) is 25.7 Å². The molecule has 2 aliphatic heterocycles. The highest BCUT2D eigenvalue weighted by Crippen LogP contribution is 2.39. The maximum Gasteiger partial charge on any atom is 0.410 e. The molecule has 0 spiro atoms. The van der Waals surface area contributed by atoms with Crippen LogP contribution in [0, 0.1) is 5.92 Å². The summed E-state index contributed by atoms with van der Waals surface area (Å²) in [6.07, 6.45) is -4.16. The number of thiophene rings is 1. The van der Waals surface area contributed by atoms with Crippen molar-refractivity contribution in [3.05, 3.63) is 17.3 Å². The molecule has 152 valence electrons. The number of nitrogens with zero attached hydrogens (tertiary/aromatic N) is 4. The number of rotatable bonds is 2. The monoisotopic (exact) mass is 414 g/mol. The third kappa shape index (κ3) is 3.74. The minimum atomic E-state index is -4.25. The summed E-state index contributed by atoms with van der Waals surface area (Å²) in [5.74, 6) is 0.944. The van der Waals surface area contributed by atoms with E-state index in [4.69, 9.17) is 4.74 Å². The first-order valence-electron chi connectivity index (χ1n) is 9.05. The summed E-state index contributed by atoms with van der Waals surface area (Å²) in [6, 6.07) is 1.57. The molecule has 0 bridgehead atoms. The smallest absolute Gasteiger partial charge is 0.410 e. The first-order chi connectivity index (χ1) is 13.0. The summed E-state index contributed by atoms with van der Waals surface area (Å²) in [5.41, 5.74) is -0.551. The second-order valence-electron chi connectivity index (χ2n) is 8.29. The van der Waals surface area contributed by atoms with Gasteiger partial charge >= 0.3 is 12.3 Å². The molecule has 28 heavy (non-hydrogen) atoms. The molecule has 4 rings (SSSR count). The predicted molar refractivity (Wildman–Crippen MR) is 99.6 cm³/mol. The van der Waals surface area contributed by atoms with E-state index in [9.17, 15) is 18.0 Å². The number of aromatic nitrogens is 2. The zero-order valence-corrected chi connectivity index (χ0v) is 16.6. The van der Waals surface area contributed by atoms with Gasteiger partial charge in [-0.3, -0.25) is 0 Å². The van der Waals surface area contributed by atoms with Crippen molar-refractivity contribution in [1.82, 2.24) is 14.9 Å². The van der Waals surface area contributed by atoms with Gasteiger partial charge in [0.1, 0.15) is 22.6 Å². The quantitative estimate of drug-likeness (QED) is 0.747. The molecule has 0 aliphatic carbocycles. The van der Waals surface area contributed by atoms with Gasteiger partial charge in [-0.1, -0.05) is 0 Å². The van der Waals surface area contributed by atoms with E-state index < -0.39 is 18.2 Å². The van der Waals surface area contributed by atoms with Gasteiger partial charge in [-0.2, -0.15) is 13.2 Å². The predicted octanol–water partition coefficient (Wildman–Crippen LogP) is 3.85. The van der Waals surface area contributed by atoms with Crippen LogP contribution in [-0.2, 0) is 11.2 Å². The average molecular weight is 414 g/mol. The third-order valence-corrected chi connectivity index (χ3v) is 5.94. The van der Waals surface area contributed by atoms with Crippen molar-refractivity contribution in [3.63, 3.8) is 0 Å². The largest absolute Gasteiger partial charge is 0.444 e. The molecule has 6 nitrogen and oxygen atoms in total. The highest BCUT2D eigenvalue weighted by molar-refractivity contribution is 7.18. The van der Waals surface area contributed by atoms with Crippen molar-refractivity contribution in [2.24, 2.45) is 5.92 Å². The number of alkyl halides is 3. The Morgan fingerprint density at radius 1 is 1.25 bits per heavy atom. The van der Waals surface area contributed by atoms with Crippen LogP contribution >= 0.6 is 11.3 Å². The molecule has 1 amide bonds. The first-order valence-corrected chi connectivity index (χ1v) is 9.86. The lowest BCUT2D eigenvalue weighted by Crippen LogP contribution is -2.59. The second-order valence-corrected chi connectivity index (χ2v) is 9.40. The molecule has 2 fully saturated rings. The maximum absolute atomic E-state index is 12.7. The number of halogens is 3. The Kier molecular flexibility index (Phi) is 4.44. The van der Waals surface area contributed by atoms with Gasteiger partial charge in [-0.25, -0.2) is 14.8 Å². The van der Waals surface area contributed by atoms with E-state index in [2.05, 4.69) is 9.97 Å². The molecule has 2 atom stereocenters. The lowest BCUT2D eigenvalue weighted by Gasteiger charge is -2.43. The van der Waals surface area contributed by atoms with Gasteiger partial charge < -0.3 is 14.5 Å². The fraction of sp³-hybridized carbons (Fsp3) is 0.611. The highest BCUT2D eigenvalue weighted by Gasteiger charge is 2.49. The van der Waals surface area contributed by atoms with Gasteiger partial charge in [0.15, 0.2) is 0 Å². The molecular weight excluding hydrogens is 393 g/mol. The molecule has 2 saturated heterocycles. The topological polar surface area (TPSA) is 58.6 Å². The third-order valence-electron chi connectivity index (χ3n) is 4.90. The molecule has 2 aliphatic rings. The van der Waals surface area contributed by atoms with Crippen LogP contribution < -0.4 is 4.90 Å². The molecule has 0 aromatic carbocycles. The Morgan fingerprint density at radius 3 is 2.68 bits per heavy atom. The molecule has 2 aromatic heterocycles. The number of fused-ring (bicyclic) bond motifs is 2. The molecule has 10 heteroatoms. The van der Waals surface area contributed by atoms with E-state index in [-0.39, 0.29) is 17.0 Å². The fourth-order valence-corrected chi connectivity index (χ4v) is 4.79. The lowest BCUT2D eigenvalue weighted by molar-refractivity contribution is -0.126. The van der Waals surface area contributed by atoms with Crippen LogP contribution in [0.15, 0.2) is 12.4 Å². The van der Waals surface area contributed by atoms with Crippen LogP contribution in [0.4, 0.5) is 23.8 Å². The minimum absolute atomic E-state index is 0.0353. The fourth-order valence-electron chi connectivity index (χ4n) is 3.77. The van der Waals surface area contributed by atoms with Crippen molar-refractivity contribution in [3.8, 4) is 0 Å². The Bertz CT molecular complexity index is 908. The summed E-state index contributed by atoms with van der Waals surface area (Å²) in [6.45, 7) is 7.40. The Balaban J connectivity index is 1.52. The summed E-state index contributed by atoms with van der Waals surface area (Å²) in [4.78, 5) is 25.3. The maximum atomic E-state index is 12.7. The number of hydrogen-bond donors (Lipinski definition) is 0. The van der Waals surface area contributed by atoms with Crippen molar-refractivity contribution in [2.45, 2.75) is 45.0 Å². The normalized spacial score (nSPS) is 22.4. The number of carbonyl (C=O) groups is 1. The molecular formula is C18H21F3N4O2S. The lowest BCUT2D eigenvalue weighted by atomic mass is 9.93. The zero-order chi connectivity index (χ0) is 20.3. The van der Waals surface area contributed by atoms with Gasteiger partial charge in [0.05, 0.1) is 17.8 Å². The van der Waals surface area contributed by atoms with Crippen molar-refractivity contribution in [2.75, 3.05) is 24.5 Å². The van der Waals surface area contributed by atoms with E-state index >= 15 is 0 Å². The van der Waals surface area contributed by atoms with Crippen LogP contribution in [0.2, 0.25) is 0 Å². The SMILES string of the molecule is CC(C)(C)OC(=O)N1C[C@@H]2CN(c3ncnc4sc(CC(F)(F)F)cc34)C[C@@H]21. The van der Waals surface area contributed by atoms with Crippen molar-refractivity contribution in [1.29, 1.82) is 0 Å². The van der Waals surface area contributed by atoms with Gasteiger partial charge in [-0.15, -0.1) is 11.3 Å². The van der Waals surface area contributed by atoms with Gasteiger partial charge in [0.25, 0.3) is 0 Å². The number of likely N-dealkylation sites (tertiary alicyclic amines) is 1. The first kappa shape index (κ1) is 19.2. The molecule has 0 N–H and O–H groups in total. The van der Waals surface area contributed by atoms with E-state index in [0.717, 1.165) is 11.3 Å². The molecule has 0 unspecified atom stereocenters. The van der Waals surface area contributed by atoms with E-state index in [0.29, 0.717) is 41.6 Å². The average Bonchev–Trinajstić information content (AvgIpc) is 3.05. The molecule has 4 heterocycles. The standard InChI is InChI=1S/C18H21F3N4O2S/c1-17(2,3)27-16(26)25-7-10-6-24(8-13(10)25)14-12-4-11(5-18(19,20)21)28-15(12)23-9-22-14/h4,9-10,13H,5-8H2,1-3H3/t10-,13-/m0/s1. The van der Waals surface area contributed by atoms with E-state index in [1.54, 1.807) is 4.90 Å². The van der Waals surface area contributed by atoms with Crippen molar-refractivity contribution >= 4 is 33.5 Å². The Hall–Kier alpha value is -2.10. The summed E-state index contributed by atoms with van der Waals surface area (Å²) < 4.78 is 43.6. The van der Waals surface area contributed by atoms with Crippen LogP contribution in [0.5, 0.6) is 0 Å². The number of carbonyl (C=O) groups excluding carboxylic acids is 1. The van der Waals surface area contributed by atoms with Crippen LogP contribution in [0.3, 0.4) is 0 Å². The molecule has 0 saturated carbocycles. The van der Waals surface area contributed by atoms with E-state index in [1.165, 1.54) is 12.4 Å². The Morgan fingerprint density at radius 2 is 2.00 bits per heavy atom. The number of anilines is 1. The van der Waals surface area contributed by atoms with Gasteiger partial charge in [0.2, 0.25) is 0 Å². The zero-order valence-electron chi connectivity index (χ0n) is 15.8.